The standard InChI is InChI=1S/C15H23N/c1-11-6-7-13(10-12(11)2)14(16)15(3)8-4-5-9-15/h6-7,10,14H,4-5,8-9,16H2,1-3H3. The first-order valence-electron chi connectivity index (χ1n) is 6.36. The van der Waals surface area contributed by atoms with E-state index in [-0.39, 0.29) is 6.04 Å². The zero-order chi connectivity index (χ0) is 11.8. The van der Waals surface area contributed by atoms with E-state index in [1.165, 1.54) is 42.4 Å². The summed E-state index contributed by atoms with van der Waals surface area (Å²) < 4.78 is 0. The van der Waals surface area contributed by atoms with Crippen molar-refractivity contribution >= 4 is 0 Å². The SMILES string of the molecule is Cc1ccc(C(N)C2(C)CCCC2)cc1C. The molecule has 1 fully saturated rings. The van der Waals surface area contributed by atoms with Gasteiger partial charge in [-0.1, -0.05) is 38.0 Å². The lowest BCUT2D eigenvalue weighted by Gasteiger charge is -2.31. The molecule has 0 amide bonds. The minimum atomic E-state index is 0.203. The molecule has 1 aromatic carbocycles. The maximum atomic E-state index is 6.45. The predicted molar refractivity (Wildman–Crippen MR) is 69.4 cm³/mol. The van der Waals surface area contributed by atoms with Crippen LogP contribution in [0.5, 0.6) is 0 Å². The second-order valence-electron chi connectivity index (χ2n) is 5.68. The third-order valence-electron chi connectivity index (χ3n) is 4.39. The topological polar surface area (TPSA) is 26.0 Å². The molecule has 0 aliphatic heterocycles. The Hall–Kier alpha value is -0.820. The molecule has 1 aliphatic rings. The van der Waals surface area contributed by atoms with Crippen molar-refractivity contribution in [3.63, 3.8) is 0 Å². The van der Waals surface area contributed by atoms with Gasteiger partial charge in [0.15, 0.2) is 0 Å². The summed E-state index contributed by atoms with van der Waals surface area (Å²) in [6, 6.07) is 6.87. The molecule has 2 N–H and O–H groups in total. The number of nitrogens with two attached hydrogens (primary N) is 1. The molecular formula is C15H23N. The number of hydrogen-bond donors (Lipinski definition) is 1. The van der Waals surface area contributed by atoms with E-state index in [1.807, 2.05) is 0 Å². The highest BCUT2D eigenvalue weighted by Crippen LogP contribution is 2.46. The molecule has 0 radical (unpaired) electrons. The van der Waals surface area contributed by atoms with Crippen LogP contribution in [0.3, 0.4) is 0 Å². The number of rotatable bonds is 2. The van der Waals surface area contributed by atoms with Gasteiger partial charge in [0.25, 0.3) is 0 Å². The van der Waals surface area contributed by atoms with Crippen LogP contribution < -0.4 is 5.73 Å². The van der Waals surface area contributed by atoms with Crippen molar-refractivity contribution in [2.24, 2.45) is 11.1 Å². The Morgan fingerprint density at radius 1 is 1.12 bits per heavy atom. The average Bonchev–Trinajstić information content (AvgIpc) is 2.70. The Balaban J connectivity index is 2.26. The van der Waals surface area contributed by atoms with E-state index < -0.39 is 0 Å². The smallest absolute Gasteiger partial charge is 0.0349 e. The normalized spacial score (nSPS) is 21.0. The minimum Gasteiger partial charge on any atom is -0.323 e. The fourth-order valence-electron chi connectivity index (χ4n) is 2.85. The second kappa shape index (κ2) is 4.21. The van der Waals surface area contributed by atoms with Crippen LogP contribution in [0.2, 0.25) is 0 Å². The van der Waals surface area contributed by atoms with Gasteiger partial charge in [0.1, 0.15) is 0 Å². The van der Waals surface area contributed by atoms with Crippen LogP contribution in [0.4, 0.5) is 0 Å². The van der Waals surface area contributed by atoms with Crippen LogP contribution in [0.25, 0.3) is 0 Å². The molecule has 0 bridgehead atoms. The molecule has 1 heteroatoms. The van der Waals surface area contributed by atoms with Gasteiger partial charge in [0.2, 0.25) is 0 Å². The zero-order valence-corrected chi connectivity index (χ0v) is 10.7. The van der Waals surface area contributed by atoms with Crippen LogP contribution in [0.1, 0.15) is 55.3 Å². The zero-order valence-electron chi connectivity index (χ0n) is 10.7. The van der Waals surface area contributed by atoms with Gasteiger partial charge in [0, 0.05) is 6.04 Å². The number of benzene rings is 1. The van der Waals surface area contributed by atoms with Gasteiger partial charge in [-0.3, -0.25) is 0 Å². The van der Waals surface area contributed by atoms with Crippen LogP contribution >= 0.6 is 0 Å². The van der Waals surface area contributed by atoms with E-state index in [0.717, 1.165) is 0 Å². The van der Waals surface area contributed by atoms with Crippen molar-refractivity contribution in [3.8, 4) is 0 Å². The third kappa shape index (κ3) is 2.01. The molecule has 1 aromatic rings. The van der Waals surface area contributed by atoms with E-state index in [4.69, 9.17) is 5.73 Å². The van der Waals surface area contributed by atoms with Gasteiger partial charge in [0.05, 0.1) is 0 Å². The Morgan fingerprint density at radius 2 is 1.75 bits per heavy atom. The predicted octanol–water partition coefficient (Wildman–Crippen LogP) is 3.88. The van der Waals surface area contributed by atoms with E-state index in [2.05, 4.69) is 39.0 Å². The van der Waals surface area contributed by atoms with Crippen molar-refractivity contribution in [3.05, 3.63) is 34.9 Å². The number of hydrogen-bond acceptors (Lipinski definition) is 1. The quantitative estimate of drug-likeness (QED) is 0.799. The molecule has 0 aromatic heterocycles. The first-order valence-corrected chi connectivity index (χ1v) is 6.36. The van der Waals surface area contributed by atoms with Gasteiger partial charge < -0.3 is 5.73 Å². The fraction of sp³-hybridized carbons (Fsp3) is 0.600. The number of aryl methyl sites for hydroxylation is 2. The van der Waals surface area contributed by atoms with Crippen molar-refractivity contribution in [1.82, 2.24) is 0 Å². The second-order valence-corrected chi connectivity index (χ2v) is 5.68. The van der Waals surface area contributed by atoms with Crippen molar-refractivity contribution < 1.29 is 0 Å². The average molecular weight is 217 g/mol. The highest BCUT2D eigenvalue weighted by Gasteiger charge is 2.35. The lowest BCUT2D eigenvalue weighted by Crippen LogP contribution is -2.29. The fourth-order valence-corrected chi connectivity index (χ4v) is 2.85. The first-order chi connectivity index (χ1) is 7.53. The lowest BCUT2D eigenvalue weighted by molar-refractivity contribution is 0.265. The van der Waals surface area contributed by atoms with Gasteiger partial charge in [-0.05, 0) is 48.8 Å². The largest absolute Gasteiger partial charge is 0.323 e. The van der Waals surface area contributed by atoms with Crippen molar-refractivity contribution in [1.29, 1.82) is 0 Å². The monoisotopic (exact) mass is 217 g/mol. The summed E-state index contributed by atoms with van der Waals surface area (Å²) >= 11 is 0. The van der Waals surface area contributed by atoms with Crippen LogP contribution in [-0.4, -0.2) is 0 Å². The molecule has 88 valence electrons. The Morgan fingerprint density at radius 3 is 2.31 bits per heavy atom. The molecule has 1 nitrogen and oxygen atoms in total. The van der Waals surface area contributed by atoms with Crippen LogP contribution in [0.15, 0.2) is 18.2 Å². The molecule has 16 heavy (non-hydrogen) atoms. The highest BCUT2D eigenvalue weighted by atomic mass is 14.7. The van der Waals surface area contributed by atoms with Gasteiger partial charge in [-0.2, -0.15) is 0 Å². The summed E-state index contributed by atoms with van der Waals surface area (Å²) in [5, 5.41) is 0. The molecule has 1 aliphatic carbocycles. The molecule has 1 saturated carbocycles. The Bertz CT molecular complexity index is 375. The maximum Gasteiger partial charge on any atom is 0.0349 e. The first kappa shape index (κ1) is 11.7. The van der Waals surface area contributed by atoms with E-state index in [1.54, 1.807) is 0 Å². The molecule has 0 heterocycles. The summed E-state index contributed by atoms with van der Waals surface area (Å²) in [4.78, 5) is 0. The Kier molecular flexibility index (Phi) is 3.07. The van der Waals surface area contributed by atoms with Gasteiger partial charge in [-0.25, -0.2) is 0 Å². The summed E-state index contributed by atoms with van der Waals surface area (Å²) in [5.74, 6) is 0. The van der Waals surface area contributed by atoms with Crippen LogP contribution in [0, 0.1) is 19.3 Å². The molecule has 0 spiro atoms. The van der Waals surface area contributed by atoms with Crippen molar-refractivity contribution in [2.45, 2.75) is 52.5 Å². The third-order valence-corrected chi connectivity index (χ3v) is 4.39. The summed E-state index contributed by atoms with van der Waals surface area (Å²) in [5.41, 5.74) is 10.8. The molecular weight excluding hydrogens is 194 g/mol. The van der Waals surface area contributed by atoms with Gasteiger partial charge in [-0.15, -0.1) is 0 Å². The maximum absolute atomic E-state index is 6.45. The lowest BCUT2D eigenvalue weighted by atomic mass is 9.77. The van der Waals surface area contributed by atoms with E-state index in [0.29, 0.717) is 5.41 Å². The minimum absolute atomic E-state index is 0.203. The summed E-state index contributed by atoms with van der Waals surface area (Å²) in [7, 11) is 0. The van der Waals surface area contributed by atoms with E-state index >= 15 is 0 Å². The highest BCUT2D eigenvalue weighted by molar-refractivity contribution is 5.32. The summed E-state index contributed by atoms with van der Waals surface area (Å²) in [6.45, 7) is 6.67. The molecule has 0 saturated heterocycles. The van der Waals surface area contributed by atoms with Crippen LogP contribution in [-0.2, 0) is 0 Å². The van der Waals surface area contributed by atoms with Crippen molar-refractivity contribution in [2.75, 3.05) is 0 Å². The molecule has 1 atom stereocenters. The summed E-state index contributed by atoms with van der Waals surface area (Å²) in [6.07, 6.45) is 5.24. The molecule has 2 rings (SSSR count). The van der Waals surface area contributed by atoms with E-state index in [9.17, 15) is 0 Å². The molecule has 1 unspecified atom stereocenters. The Labute approximate surface area is 99.0 Å². The van der Waals surface area contributed by atoms with Gasteiger partial charge >= 0.3 is 0 Å².